The summed E-state index contributed by atoms with van der Waals surface area (Å²) in [6.45, 7) is 2.35. The number of sulfonamides is 1. The van der Waals surface area contributed by atoms with Crippen LogP contribution in [0.3, 0.4) is 0 Å². The maximum absolute atomic E-state index is 12.9. The molecule has 150 valence electrons. The quantitative estimate of drug-likeness (QED) is 0.757. The lowest BCUT2D eigenvalue weighted by Gasteiger charge is -2.30. The third-order valence-corrected chi connectivity index (χ3v) is 6.64. The SMILES string of the molecule is CCOC(=O)NNC(=O)C1CCN(S(=O)(=O)c2ccc3ccccc3c2)CC1. The summed E-state index contributed by atoms with van der Waals surface area (Å²) < 4.78 is 32.0. The van der Waals surface area contributed by atoms with Crippen molar-refractivity contribution >= 4 is 32.8 Å². The molecule has 2 aromatic carbocycles. The molecular formula is C19H23N3O5S. The van der Waals surface area contributed by atoms with E-state index in [2.05, 4.69) is 15.6 Å². The molecular weight excluding hydrogens is 382 g/mol. The van der Waals surface area contributed by atoms with E-state index in [1.807, 2.05) is 24.3 Å². The van der Waals surface area contributed by atoms with Crippen LogP contribution in [0.1, 0.15) is 19.8 Å². The average Bonchev–Trinajstić information content (AvgIpc) is 2.72. The normalized spacial score (nSPS) is 15.9. The van der Waals surface area contributed by atoms with Crippen LogP contribution in [0.4, 0.5) is 4.79 Å². The van der Waals surface area contributed by atoms with Crippen molar-refractivity contribution in [1.82, 2.24) is 15.2 Å². The van der Waals surface area contributed by atoms with Gasteiger partial charge in [0.15, 0.2) is 0 Å². The Balaban J connectivity index is 1.61. The fourth-order valence-electron chi connectivity index (χ4n) is 3.22. The minimum atomic E-state index is -3.62. The van der Waals surface area contributed by atoms with E-state index in [0.29, 0.717) is 12.8 Å². The van der Waals surface area contributed by atoms with Crippen molar-refractivity contribution in [3.05, 3.63) is 42.5 Å². The van der Waals surface area contributed by atoms with E-state index in [4.69, 9.17) is 0 Å². The Morgan fingerprint density at radius 3 is 2.43 bits per heavy atom. The van der Waals surface area contributed by atoms with E-state index in [0.717, 1.165) is 10.8 Å². The largest absolute Gasteiger partial charge is 0.449 e. The number of rotatable bonds is 4. The number of nitrogens with one attached hydrogen (secondary N) is 2. The lowest BCUT2D eigenvalue weighted by Crippen LogP contribution is -2.48. The third kappa shape index (κ3) is 4.42. The van der Waals surface area contributed by atoms with Gasteiger partial charge in [0.25, 0.3) is 0 Å². The van der Waals surface area contributed by atoms with Crippen molar-refractivity contribution in [3.63, 3.8) is 0 Å². The zero-order chi connectivity index (χ0) is 20.1. The fourth-order valence-corrected chi connectivity index (χ4v) is 4.72. The minimum Gasteiger partial charge on any atom is -0.449 e. The van der Waals surface area contributed by atoms with Gasteiger partial charge in [-0.15, -0.1) is 0 Å². The van der Waals surface area contributed by atoms with Crippen molar-refractivity contribution in [1.29, 1.82) is 0 Å². The van der Waals surface area contributed by atoms with E-state index < -0.39 is 16.1 Å². The molecule has 9 heteroatoms. The summed E-state index contributed by atoms with van der Waals surface area (Å²) in [5.41, 5.74) is 4.48. The molecule has 0 spiro atoms. The minimum absolute atomic E-state index is 0.201. The number of nitrogens with zero attached hydrogens (tertiary/aromatic N) is 1. The Morgan fingerprint density at radius 1 is 1.07 bits per heavy atom. The molecule has 0 aliphatic carbocycles. The maximum Gasteiger partial charge on any atom is 0.426 e. The molecule has 0 radical (unpaired) electrons. The van der Waals surface area contributed by atoms with Crippen LogP contribution in [0.5, 0.6) is 0 Å². The molecule has 1 heterocycles. The van der Waals surface area contributed by atoms with Crippen molar-refractivity contribution in [3.8, 4) is 0 Å². The van der Waals surface area contributed by atoms with Crippen LogP contribution >= 0.6 is 0 Å². The number of hydrazine groups is 1. The van der Waals surface area contributed by atoms with Gasteiger partial charge < -0.3 is 4.74 Å². The van der Waals surface area contributed by atoms with Gasteiger partial charge in [-0.05, 0) is 42.7 Å². The standard InChI is InChI=1S/C19H23N3O5S/c1-2-27-19(24)21-20-18(23)15-9-11-22(12-10-15)28(25,26)17-8-7-14-5-3-4-6-16(14)13-17/h3-8,13,15H,2,9-12H2,1H3,(H,20,23)(H,21,24). The molecule has 2 N–H and O–H groups in total. The highest BCUT2D eigenvalue weighted by molar-refractivity contribution is 7.89. The third-order valence-electron chi connectivity index (χ3n) is 4.75. The highest BCUT2D eigenvalue weighted by atomic mass is 32.2. The summed E-state index contributed by atoms with van der Waals surface area (Å²) in [4.78, 5) is 23.6. The average molecular weight is 405 g/mol. The number of hydrogen-bond donors (Lipinski definition) is 2. The summed E-state index contributed by atoms with van der Waals surface area (Å²) in [5.74, 6) is -0.721. The molecule has 0 bridgehead atoms. The van der Waals surface area contributed by atoms with Gasteiger partial charge in [-0.25, -0.2) is 18.6 Å². The molecule has 0 unspecified atom stereocenters. The van der Waals surface area contributed by atoms with Gasteiger partial charge in [-0.2, -0.15) is 4.31 Å². The zero-order valence-electron chi connectivity index (χ0n) is 15.6. The van der Waals surface area contributed by atoms with Gasteiger partial charge >= 0.3 is 6.09 Å². The molecule has 1 aliphatic rings. The predicted octanol–water partition coefficient (Wildman–Crippen LogP) is 2.02. The Morgan fingerprint density at radius 2 is 1.75 bits per heavy atom. The summed E-state index contributed by atoms with van der Waals surface area (Å²) in [7, 11) is -3.62. The number of carbonyl (C=O) groups is 2. The second kappa shape index (κ2) is 8.57. The molecule has 0 atom stereocenters. The van der Waals surface area contributed by atoms with E-state index in [9.17, 15) is 18.0 Å². The van der Waals surface area contributed by atoms with E-state index in [-0.39, 0.29) is 36.4 Å². The Labute approximate surface area is 163 Å². The van der Waals surface area contributed by atoms with Gasteiger partial charge in [0, 0.05) is 19.0 Å². The zero-order valence-corrected chi connectivity index (χ0v) is 16.4. The molecule has 28 heavy (non-hydrogen) atoms. The van der Waals surface area contributed by atoms with Gasteiger partial charge in [-0.1, -0.05) is 30.3 Å². The second-order valence-corrected chi connectivity index (χ2v) is 8.46. The Hall–Kier alpha value is -2.65. The fraction of sp³-hybridized carbons (Fsp3) is 0.368. The topological polar surface area (TPSA) is 105 Å². The van der Waals surface area contributed by atoms with Crippen molar-refractivity contribution in [2.75, 3.05) is 19.7 Å². The molecule has 1 saturated heterocycles. The van der Waals surface area contributed by atoms with Gasteiger partial charge in [0.1, 0.15) is 0 Å². The summed E-state index contributed by atoms with van der Waals surface area (Å²) in [6, 6.07) is 12.7. The molecule has 3 rings (SSSR count). The lowest BCUT2D eigenvalue weighted by molar-refractivity contribution is -0.127. The van der Waals surface area contributed by atoms with Crippen LogP contribution in [0.25, 0.3) is 10.8 Å². The predicted molar refractivity (Wildman–Crippen MR) is 104 cm³/mol. The van der Waals surface area contributed by atoms with Gasteiger partial charge in [0.2, 0.25) is 15.9 Å². The number of fused-ring (bicyclic) bond motifs is 1. The van der Waals surface area contributed by atoms with E-state index in [1.54, 1.807) is 25.1 Å². The molecule has 1 fully saturated rings. The van der Waals surface area contributed by atoms with Crippen LogP contribution < -0.4 is 10.9 Å². The molecule has 8 nitrogen and oxygen atoms in total. The number of ether oxygens (including phenoxy) is 1. The van der Waals surface area contributed by atoms with Crippen LogP contribution in [0.2, 0.25) is 0 Å². The molecule has 2 aromatic rings. The molecule has 2 amide bonds. The van der Waals surface area contributed by atoms with Crippen molar-refractivity contribution < 1.29 is 22.7 Å². The number of hydrogen-bond acceptors (Lipinski definition) is 5. The first kappa shape index (κ1) is 20.1. The molecule has 0 aromatic heterocycles. The second-order valence-electron chi connectivity index (χ2n) is 6.52. The summed E-state index contributed by atoms with van der Waals surface area (Å²) >= 11 is 0. The highest BCUT2D eigenvalue weighted by Crippen LogP contribution is 2.26. The number of carbonyl (C=O) groups excluding carboxylic acids is 2. The van der Waals surface area contributed by atoms with Crippen molar-refractivity contribution in [2.24, 2.45) is 5.92 Å². The van der Waals surface area contributed by atoms with Crippen molar-refractivity contribution in [2.45, 2.75) is 24.7 Å². The first-order valence-corrected chi connectivity index (χ1v) is 10.6. The number of piperidine rings is 1. The number of amides is 2. The van der Waals surface area contributed by atoms with Crippen LogP contribution in [0, 0.1) is 5.92 Å². The van der Waals surface area contributed by atoms with Crippen LogP contribution in [-0.2, 0) is 19.6 Å². The van der Waals surface area contributed by atoms with E-state index in [1.165, 1.54) is 4.31 Å². The van der Waals surface area contributed by atoms with Gasteiger partial charge in [-0.3, -0.25) is 10.2 Å². The number of benzene rings is 2. The molecule has 0 saturated carbocycles. The lowest BCUT2D eigenvalue weighted by atomic mass is 9.98. The summed E-state index contributed by atoms with van der Waals surface area (Å²) in [5, 5.41) is 1.84. The van der Waals surface area contributed by atoms with Gasteiger partial charge in [0.05, 0.1) is 11.5 Å². The summed E-state index contributed by atoms with van der Waals surface area (Å²) in [6.07, 6.45) is 0.0268. The van der Waals surface area contributed by atoms with E-state index >= 15 is 0 Å². The monoisotopic (exact) mass is 405 g/mol. The Bertz CT molecular complexity index is 968. The smallest absolute Gasteiger partial charge is 0.426 e. The van der Waals surface area contributed by atoms with Crippen LogP contribution in [-0.4, -0.2) is 44.4 Å². The first-order valence-electron chi connectivity index (χ1n) is 9.13. The molecule has 1 aliphatic heterocycles. The Kier molecular flexibility index (Phi) is 6.15. The van der Waals surface area contributed by atoms with Crippen LogP contribution in [0.15, 0.2) is 47.4 Å². The first-order chi connectivity index (χ1) is 13.4. The maximum atomic E-state index is 12.9. The highest BCUT2D eigenvalue weighted by Gasteiger charge is 2.32.